The van der Waals surface area contributed by atoms with Crippen LogP contribution in [0, 0.1) is 5.92 Å². The molecule has 2 aromatic rings. The number of Topliss-reactive ketones (excluding diaryl/α,β-unsaturated/α-hetero) is 1. The van der Waals surface area contributed by atoms with Crippen LogP contribution in [-0.2, 0) is 0 Å². The Hall–Kier alpha value is -1.68. The van der Waals surface area contributed by atoms with Crippen molar-refractivity contribution in [1.29, 1.82) is 0 Å². The van der Waals surface area contributed by atoms with Crippen LogP contribution in [0.25, 0.3) is 11.1 Å². The zero-order valence-corrected chi connectivity index (χ0v) is 10.1. The van der Waals surface area contributed by atoms with E-state index in [0.29, 0.717) is 5.58 Å². The Bertz CT molecular complexity index is 568. The Morgan fingerprint density at radius 2 is 2.06 bits per heavy atom. The van der Waals surface area contributed by atoms with Crippen molar-refractivity contribution in [3.63, 3.8) is 0 Å². The van der Waals surface area contributed by atoms with Gasteiger partial charge in [0.15, 0.2) is 17.8 Å². The van der Waals surface area contributed by atoms with E-state index in [1.165, 1.54) is 6.39 Å². The van der Waals surface area contributed by atoms with Gasteiger partial charge in [-0.25, -0.2) is 4.98 Å². The normalized spacial score (nSPS) is 24.3. The van der Waals surface area contributed by atoms with Crippen molar-refractivity contribution in [2.45, 2.75) is 31.7 Å². The van der Waals surface area contributed by atoms with Gasteiger partial charge in [-0.2, -0.15) is 0 Å². The minimum atomic E-state index is 0.116. The summed E-state index contributed by atoms with van der Waals surface area (Å²) < 4.78 is 5.23. The second-order valence-electron chi connectivity index (χ2n) is 5.01. The van der Waals surface area contributed by atoms with Crippen LogP contribution < -0.4 is 5.73 Å². The molecule has 1 aliphatic rings. The van der Waals surface area contributed by atoms with Gasteiger partial charge in [-0.1, -0.05) is 0 Å². The lowest BCUT2D eigenvalue weighted by molar-refractivity contribution is 0.0885. The van der Waals surface area contributed by atoms with Crippen molar-refractivity contribution < 1.29 is 9.21 Å². The zero-order valence-electron chi connectivity index (χ0n) is 10.1. The summed E-state index contributed by atoms with van der Waals surface area (Å²) in [5.41, 5.74) is 8.05. The fraction of sp³-hybridized carbons (Fsp3) is 0.429. The Kier molecular flexibility index (Phi) is 2.88. The number of oxazole rings is 1. The number of rotatable bonds is 2. The van der Waals surface area contributed by atoms with Crippen LogP contribution in [0.4, 0.5) is 0 Å². The van der Waals surface area contributed by atoms with Gasteiger partial charge >= 0.3 is 0 Å². The molecule has 94 valence electrons. The van der Waals surface area contributed by atoms with Crippen molar-refractivity contribution in [1.82, 2.24) is 4.98 Å². The van der Waals surface area contributed by atoms with Crippen molar-refractivity contribution in [2.75, 3.05) is 0 Å². The van der Waals surface area contributed by atoms with Crippen molar-refractivity contribution in [3.8, 4) is 0 Å². The summed E-state index contributed by atoms with van der Waals surface area (Å²) in [7, 11) is 0. The Balaban J connectivity index is 1.82. The smallest absolute Gasteiger partial charge is 0.181 e. The number of carbonyl (C=O) groups excluding carboxylic acids is 1. The van der Waals surface area contributed by atoms with Crippen LogP contribution in [-0.4, -0.2) is 16.8 Å². The third-order valence-corrected chi connectivity index (χ3v) is 3.76. The van der Waals surface area contributed by atoms with E-state index >= 15 is 0 Å². The lowest BCUT2D eigenvalue weighted by atomic mass is 9.82. The van der Waals surface area contributed by atoms with Crippen molar-refractivity contribution in [3.05, 3.63) is 30.2 Å². The molecule has 0 aliphatic heterocycles. The molecule has 1 saturated carbocycles. The molecule has 0 amide bonds. The average Bonchev–Trinajstić information content (AvgIpc) is 2.86. The predicted molar refractivity (Wildman–Crippen MR) is 68.3 cm³/mol. The second-order valence-corrected chi connectivity index (χ2v) is 5.01. The van der Waals surface area contributed by atoms with Gasteiger partial charge in [0.05, 0.1) is 0 Å². The van der Waals surface area contributed by atoms with Crippen molar-refractivity contribution in [2.24, 2.45) is 11.7 Å². The Morgan fingerprint density at radius 3 is 2.83 bits per heavy atom. The van der Waals surface area contributed by atoms with Gasteiger partial charge in [0.25, 0.3) is 0 Å². The van der Waals surface area contributed by atoms with Crippen molar-refractivity contribution >= 4 is 16.9 Å². The highest BCUT2D eigenvalue weighted by atomic mass is 16.3. The highest BCUT2D eigenvalue weighted by Crippen LogP contribution is 2.27. The second kappa shape index (κ2) is 4.53. The first-order valence-corrected chi connectivity index (χ1v) is 6.37. The average molecular weight is 244 g/mol. The maximum atomic E-state index is 12.4. The first-order chi connectivity index (χ1) is 8.74. The molecule has 1 aliphatic carbocycles. The number of benzene rings is 1. The number of hydrogen-bond acceptors (Lipinski definition) is 4. The topological polar surface area (TPSA) is 69.1 Å². The minimum absolute atomic E-state index is 0.116. The maximum Gasteiger partial charge on any atom is 0.181 e. The lowest BCUT2D eigenvalue weighted by Gasteiger charge is -2.24. The first-order valence-electron chi connectivity index (χ1n) is 6.37. The molecule has 3 rings (SSSR count). The maximum absolute atomic E-state index is 12.4. The van der Waals surface area contributed by atoms with E-state index in [1.54, 1.807) is 6.07 Å². The lowest BCUT2D eigenvalue weighted by Crippen LogP contribution is -2.29. The standard InChI is InChI=1S/C14H16N2O2/c15-11-4-1-9(2-5-11)14(17)10-3-6-12-13(7-10)18-8-16-12/h3,6-9,11H,1-2,4-5,15H2. The highest BCUT2D eigenvalue weighted by molar-refractivity contribution is 6.00. The molecule has 1 fully saturated rings. The number of nitrogens with zero attached hydrogens (tertiary/aromatic N) is 1. The van der Waals surface area contributed by atoms with E-state index in [4.69, 9.17) is 10.2 Å². The van der Waals surface area contributed by atoms with E-state index in [2.05, 4.69) is 4.98 Å². The van der Waals surface area contributed by atoms with Crippen LogP contribution in [0.15, 0.2) is 29.0 Å². The number of carbonyl (C=O) groups is 1. The van der Waals surface area contributed by atoms with E-state index in [1.807, 2.05) is 12.1 Å². The summed E-state index contributed by atoms with van der Waals surface area (Å²) in [6, 6.07) is 5.73. The summed E-state index contributed by atoms with van der Waals surface area (Å²) in [6.07, 6.45) is 5.09. The van der Waals surface area contributed by atoms with Gasteiger partial charge in [0.2, 0.25) is 0 Å². The predicted octanol–water partition coefficient (Wildman–Crippen LogP) is 2.53. The minimum Gasteiger partial charge on any atom is -0.443 e. The monoisotopic (exact) mass is 244 g/mol. The molecule has 1 heterocycles. The number of nitrogens with two attached hydrogens (primary N) is 1. The van der Waals surface area contributed by atoms with Crippen LogP contribution >= 0.6 is 0 Å². The van der Waals surface area contributed by atoms with E-state index in [0.717, 1.165) is 36.8 Å². The zero-order chi connectivity index (χ0) is 12.5. The molecule has 2 N–H and O–H groups in total. The van der Waals surface area contributed by atoms with Gasteiger partial charge in [-0.15, -0.1) is 0 Å². The molecule has 0 spiro atoms. The van der Waals surface area contributed by atoms with Gasteiger partial charge in [0, 0.05) is 17.5 Å². The van der Waals surface area contributed by atoms with Crippen LogP contribution in [0.2, 0.25) is 0 Å². The van der Waals surface area contributed by atoms with Crippen LogP contribution in [0.3, 0.4) is 0 Å². The summed E-state index contributed by atoms with van der Waals surface area (Å²) in [4.78, 5) is 16.4. The molecule has 18 heavy (non-hydrogen) atoms. The summed E-state index contributed by atoms with van der Waals surface area (Å²) >= 11 is 0. The summed E-state index contributed by atoms with van der Waals surface area (Å²) in [6.45, 7) is 0. The van der Waals surface area contributed by atoms with E-state index < -0.39 is 0 Å². The molecule has 4 nitrogen and oxygen atoms in total. The fourth-order valence-electron chi connectivity index (χ4n) is 2.63. The molecule has 0 atom stereocenters. The molecule has 1 aromatic carbocycles. The summed E-state index contributed by atoms with van der Waals surface area (Å²) in [5.74, 6) is 0.324. The largest absolute Gasteiger partial charge is 0.443 e. The SMILES string of the molecule is NC1CCC(C(=O)c2ccc3ncoc3c2)CC1. The third kappa shape index (κ3) is 2.04. The van der Waals surface area contributed by atoms with Gasteiger partial charge in [0.1, 0.15) is 5.52 Å². The number of hydrogen-bond donors (Lipinski definition) is 1. The Morgan fingerprint density at radius 1 is 1.28 bits per heavy atom. The molecule has 4 heteroatoms. The van der Waals surface area contributed by atoms with E-state index in [9.17, 15) is 4.79 Å². The number of aromatic nitrogens is 1. The molecule has 0 radical (unpaired) electrons. The molecule has 1 aromatic heterocycles. The molecular weight excluding hydrogens is 228 g/mol. The number of fused-ring (bicyclic) bond motifs is 1. The van der Waals surface area contributed by atoms with Crippen LogP contribution in [0.5, 0.6) is 0 Å². The third-order valence-electron chi connectivity index (χ3n) is 3.76. The van der Waals surface area contributed by atoms with Crippen LogP contribution in [0.1, 0.15) is 36.0 Å². The molecule has 0 unspecified atom stereocenters. The molecule has 0 saturated heterocycles. The fourth-order valence-corrected chi connectivity index (χ4v) is 2.63. The van der Waals surface area contributed by atoms with E-state index in [-0.39, 0.29) is 17.7 Å². The highest BCUT2D eigenvalue weighted by Gasteiger charge is 2.25. The molecule has 0 bridgehead atoms. The molecular formula is C14H16N2O2. The number of ketones is 1. The summed E-state index contributed by atoms with van der Waals surface area (Å²) in [5, 5.41) is 0. The van der Waals surface area contributed by atoms with Gasteiger partial charge in [-0.3, -0.25) is 4.79 Å². The van der Waals surface area contributed by atoms with Gasteiger partial charge in [-0.05, 0) is 43.9 Å². The Labute approximate surface area is 105 Å². The first kappa shape index (κ1) is 11.4. The quantitative estimate of drug-likeness (QED) is 0.824. The van der Waals surface area contributed by atoms with Gasteiger partial charge < -0.3 is 10.2 Å².